The molecule has 17 heavy (non-hydrogen) atoms. The number of nitrogens with zero attached hydrogens (tertiary/aromatic N) is 1. The Balaban J connectivity index is 2.48. The Kier molecular flexibility index (Phi) is 3.04. The molecule has 2 N–H and O–H groups in total. The lowest BCUT2D eigenvalue weighted by atomic mass is 10.2. The van der Waals surface area contributed by atoms with Crippen molar-refractivity contribution in [1.82, 2.24) is 4.57 Å². The van der Waals surface area contributed by atoms with Crippen LogP contribution in [0.4, 0.5) is 0 Å². The summed E-state index contributed by atoms with van der Waals surface area (Å²) in [5.41, 5.74) is 1.90. The lowest BCUT2D eigenvalue weighted by molar-refractivity contribution is -0.136. The fourth-order valence-corrected chi connectivity index (χ4v) is 2.14. The molecule has 4 nitrogen and oxygen atoms in total. The van der Waals surface area contributed by atoms with E-state index in [-0.39, 0.29) is 12.2 Å². The number of phenols is 1. The lowest BCUT2D eigenvalue weighted by Crippen LogP contribution is -2.04. The highest BCUT2D eigenvalue weighted by Gasteiger charge is 2.11. The summed E-state index contributed by atoms with van der Waals surface area (Å²) in [5.74, 6) is -0.562. The minimum Gasteiger partial charge on any atom is -0.507 e. The number of benzene rings is 1. The maximum atomic E-state index is 10.6. The van der Waals surface area contributed by atoms with E-state index in [2.05, 4.69) is 0 Å². The normalized spacial score (nSPS) is 10.9. The smallest absolute Gasteiger partial charge is 0.303 e. The number of fused-ring (bicyclic) bond motifs is 1. The third-order valence-electron chi connectivity index (χ3n) is 2.92. The van der Waals surface area contributed by atoms with Crippen molar-refractivity contribution in [2.24, 2.45) is 0 Å². The van der Waals surface area contributed by atoms with Gasteiger partial charge in [0.05, 0.1) is 11.9 Å². The highest BCUT2D eigenvalue weighted by Crippen LogP contribution is 2.28. The third-order valence-corrected chi connectivity index (χ3v) is 2.92. The molecule has 2 aromatic rings. The first-order valence-electron chi connectivity index (χ1n) is 5.65. The molecule has 0 amide bonds. The zero-order chi connectivity index (χ0) is 12.4. The average molecular weight is 233 g/mol. The van der Waals surface area contributed by atoms with Crippen LogP contribution in [0.2, 0.25) is 0 Å². The second-order valence-corrected chi connectivity index (χ2v) is 3.98. The Bertz CT molecular complexity index is 557. The standard InChI is InChI=1S/C13H15NO3/c1-2-14-9(6-7-13(16)17)8-10-11(14)4-3-5-12(10)15/h3-5,8,15H,2,6-7H2,1H3,(H,16,17). The molecule has 0 bridgehead atoms. The van der Waals surface area contributed by atoms with Gasteiger partial charge in [0.25, 0.3) is 0 Å². The Morgan fingerprint density at radius 2 is 2.18 bits per heavy atom. The van der Waals surface area contributed by atoms with Crippen molar-refractivity contribution in [3.8, 4) is 5.75 Å². The Hall–Kier alpha value is -1.97. The highest BCUT2D eigenvalue weighted by molar-refractivity contribution is 5.87. The second-order valence-electron chi connectivity index (χ2n) is 3.98. The molecule has 0 radical (unpaired) electrons. The van der Waals surface area contributed by atoms with Gasteiger partial charge in [0, 0.05) is 17.6 Å². The number of hydrogen-bond donors (Lipinski definition) is 2. The quantitative estimate of drug-likeness (QED) is 0.852. The van der Waals surface area contributed by atoms with E-state index in [1.807, 2.05) is 23.6 Å². The molecular weight excluding hydrogens is 218 g/mol. The number of aromatic hydroxyl groups is 1. The summed E-state index contributed by atoms with van der Waals surface area (Å²) in [5, 5.41) is 19.2. The molecule has 0 aliphatic rings. The minimum absolute atomic E-state index is 0.108. The predicted molar refractivity (Wildman–Crippen MR) is 65.2 cm³/mol. The maximum absolute atomic E-state index is 10.6. The van der Waals surface area contributed by atoms with Gasteiger partial charge in [-0.05, 0) is 31.5 Å². The molecule has 0 spiro atoms. The van der Waals surface area contributed by atoms with Crippen LogP contribution in [-0.2, 0) is 17.8 Å². The van der Waals surface area contributed by atoms with Crippen LogP contribution in [0.3, 0.4) is 0 Å². The van der Waals surface area contributed by atoms with E-state index in [1.165, 1.54) is 0 Å². The van der Waals surface area contributed by atoms with E-state index in [0.717, 1.165) is 23.1 Å². The summed E-state index contributed by atoms with van der Waals surface area (Å²) in [7, 11) is 0. The van der Waals surface area contributed by atoms with Gasteiger partial charge >= 0.3 is 5.97 Å². The SMILES string of the molecule is CCn1c(CCC(=O)O)cc2c(O)cccc21. The van der Waals surface area contributed by atoms with Gasteiger partial charge in [-0.15, -0.1) is 0 Å². The van der Waals surface area contributed by atoms with Crippen LogP contribution < -0.4 is 0 Å². The summed E-state index contributed by atoms with van der Waals surface area (Å²) < 4.78 is 2.04. The fraction of sp³-hybridized carbons (Fsp3) is 0.308. The largest absolute Gasteiger partial charge is 0.507 e. The number of carboxylic acid groups (broad SMARTS) is 1. The molecule has 0 atom stereocenters. The number of aryl methyl sites for hydroxylation is 2. The molecule has 0 saturated heterocycles. The van der Waals surface area contributed by atoms with Gasteiger partial charge in [-0.2, -0.15) is 0 Å². The second kappa shape index (κ2) is 4.49. The van der Waals surface area contributed by atoms with Crippen LogP contribution in [0.25, 0.3) is 10.9 Å². The van der Waals surface area contributed by atoms with E-state index in [0.29, 0.717) is 6.42 Å². The van der Waals surface area contributed by atoms with Crippen LogP contribution >= 0.6 is 0 Å². The Morgan fingerprint density at radius 1 is 1.41 bits per heavy atom. The predicted octanol–water partition coefficient (Wildman–Crippen LogP) is 2.38. The number of carboxylic acids is 1. The number of phenolic OH excluding ortho intramolecular Hbond substituents is 1. The molecule has 0 unspecified atom stereocenters. The molecule has 4 heteroatoms. The van der Waals surface area contributed by atoms with E-state index >= 15 is 0 Å². The average Bonchev–Trinajstić information content (AvgIpc) is 2.65. The zero-order valence-electron chi connectivity index (χ0n) is 9.68. The van der Waals surface area contributed by atoms with E-state index < -0.39 is 5.97 Å². The van der Waals surface area contributed by atoms with Crippen molar-refractivity contribution in [1.29, 1.82) is 0 Å². The molecule has 1 aromatic heterocycles. The summed E-state index contributed by atoms with van der Waals surface area (Å²) >= 11 is 0. The van der Waals surface area contributed by atoms with Crippen LogP contribution in [0.5, 0.6) is 5.75 Å². The molecule has 0 aliphatic carbocycles. The van der Waals surface area contributed by atoms with Crippen molar-refractivity contribution < 1.29 is 15.0 Å². The molecule has 1 aromatic carbocycles. The first-order chi connectivity index (χ1) is 8.13. The summed E-state index contributed by atoms with van der Waals surface area (Å²) in [6.07, 6.45) is 0.592. The Morgan fingerprint density at radius 3 is 2.82 bits per heavy atom. The topological polar surface area (TPSA) is 62.5 Å². The third kappa shape index (κ3) is 2.11. The van der Waals surface area contributed by atoms with Crippen molar-refractivity contribution in [2.75, 3.05) is 0 Å². The number of aromatic nitrogens is 1. The molecule has 0 fully saturated rings. The Labute approximate surface area is 99.1 Å². The zero-order valence-corrected chi connectivity index (χ0v) is 9.68. The van der Waals surface area contributed by atoms with Gasteiger partial charge in [0.2, 0.25) is 0 Å². The molecule has 0 aliphatic heterocycles. The van der Waals surface area contributed by atoms with E-state index in [9.17, 15) is 9.90 Å². The number of carbonyl (C=O) groups is 1. The minimum atomic E-state index is -0.804. The maximum Gasteiger partial charge on any atom is 0.303 e. The van der Waals surface area contributed by atoms with Crippen LogP contribution in [0.15, 0.2) is 24.3 Å². The van der Waals surface area contributed by atoms with Crippen LogP contribution in [-0.4, -0.2) is 20.7 Å². The van der Waals surface area contributed by atoms with Gasteiger partial charge in [0.1, 0.15) is 5.75 Å². The lowest BCUT2D eigenvalue weighted by Gasteiger charge is -2.06. The van der Waals surface area contributed by atoms with Crippen LogP contribution in [0, 0.1) is 0 Å². The molecule has 0 saturated carbocycles. The molecular formula is C13H15NO3. The number of hydrogen-bond acceptors (Lipinski definition) is 2. The van der Waals surface area contributed by atoms with Crippen molar-refractivity contribution >= 4 is 16.9 Å². The van der Waals surface area contributed by atoms with Crippen LogP contribution in [0.1, 0.15) is 19.0 Å². The van der Waals surface area contributed by atoms with Gasteiger partial charge in [0.15, 0.2) is 0 Å². The van der Waals surface area contributed by atoms with Gasteiger partial charge in [-0.25, -0.2) is 0 Å². The highest BCUT2D eigenvalue weighted by atomic mass is 16.4. The molecule has 90 valence electrons. The number of rotatable bonds is 4. The van der Waals surface area contributed by atoms with E-state index in [4.69, 9.17) is 5.11 Å². The summed E-state index contributed by atoms with van der Waals surface area (Å²) in [6, 6.07) is 7.24. The van der Waals surface area contributed by atoms with E-state index in [1.54, 1.807) is 12.1 Å². The molecule has 2 rings (SSSR count). The van der Waals surface area contributed by atoms with Crippen molar-refractivity contribution in [3.05, 3.63) is 30.0 Å². The monoisotopic (exact) mass is 233 g/mol. The fourth-order valence-electron chi connectivity index (χ4n) is 2.14. The first kappa shape index (κ1) is 11.5. The molecule has 1 heterocycles. The van der Waals surface area contributed by atoms with Gasteiger partial charge in [-0.1, -0.05) is 6.07 Å². The summed E-state index contributed by atoms with van der Waals surface area (Å²) in [6.45, 7) is 2.77. The van der Waals surface area contributed by atoms with Gasteiger partial charge < -0.3 is 14.8 Å². The van der Waals surface area contributed by atoms with Crippen molar-refractivity contribution in [2.45, 2.75) is 26.3 Å². The summed E-state index contributed by atoms with van der Waals surface area (Å²) in [4.78, 5) is 10.6. The number of aliphatic carboxylic acids is 1. The van der Waals surface area contributed by atoms with Gasteiger partial charge in [-0.3, -0.25) is 4.79 Å². The first-order valence-corrected chi connectivity index (χ1v) is 5.65. The van der Waals surface area contributed by atoms with Crippen molar-refractivity contribution in [3.63, 3.8) is 0 Å².